The highest BCUT2D eigenvalue weighted by Crippen LogP contribution is 2.59. The molecule has 1 saturated heterocycles. The van der Waals surface area contributed by atoms with E-state index < -0.39 is 34.6 Å². The van der Waals surface area contributed by atoms with Crippen LogP contribution in [0.2, 0.25) is 0 Å². The molecule has 2 N–H and O–H groups in total. The maximum Gasteiger partial charge on any atom is 0.416 e. The number of carbonyl (C=O) groups is 1. The summed E-state index contributed by atoms with van der Waals surface area (Å²) in [5.41, 5.74) is 2.04. The molecule has 3 aromatic rings. The third-order valence-corrected chi connectivity index (χ3v) is 11.9. The lowest BCUT2D eigenvalue weighted by Gasteiger charge is -2.47. The fraction of sp³-hybridized carbons (Fsp3) is 0.500. The smallest absolute Gasteiger partial charge is 0.393 e. The van der Waals surface area contributed by atoms with Crippen LogP contribution in [0.25, 0.3) is 0 Å². The molecule has 3 aromatic carbocycles. The van der Waals surface area contributed by atoms with E-state index in [-0.39, 0.29) is 11.5 Å². The molecule has 1 saturated carbocycles. The Labute approximate surface area is 289 Å². The monoisotopic (exact) mass is 673 g/mol. The number of aliphatic hydroxyl groups is 2. The highest BCUT2D eigenvalue weighted by atomic mass is 19.4. The third-order valence-electron chi connectivity index (χ3n) is 11.9. The summed E-state index contributed by atoms with van der Waals surface area (Å²) < 4.78 is 41.0. The molecule has 4 aliphatic rings. The molecule has 0 amide bonds. The lowest BCUT2D eigenvalue weighted by molar-refractivity contribution is -0.137. The van der Waals surface area contributed by atoms with E-state index in [4.69, 9.17) is 0 Å². The second-order valence-corrected chi connectivity index (χ2v) is 15.3. The summed E-state index contributed by atoms with van der Waals surface area (Å²) in [6.45, 7) is 6.67. The van der Waals surface area contributed by atoms with Gasteiger partial charge in [0.05, 0.1) is 17.3 Å². The Morgan fingerprint density at radius 2 is 1.69 bits per heavy atom. The summed E-state index contributed by atoms with van der Waals surface area (Å²) in [6, 6.07) is 20.9. The average Bonchev–Trinajstić information content (AvgIpc) is 3.33. The molecular weight excluding hydrogens is 623 g/mol. The van der Waals surface area contributed by atoms with Crippen LogP contribution in [0.3, 0.4) is 0 Å². The van der Waals surface area contributed by atoms with Gasteiger partial charge in [0.1, 0.15) is 0 Å². The van der Waals surface area contributed by atoms with Gasteiger partial charge in [0.25, 0.3) is 0 Å². The molecule has 0 radical (unpaired) electrons. The predicted molar refractivity (Wildman–Crippen MR) is 188 cm³/mol. The van der Waals surface area contributed by atoms with Crippen molar-refractivity contribution in [1.29, 1.82) is 0 Å². The second-order valence-electron chi connectivity index (χ2n) is 15.3. The van der Waals surface area contributed by atoms with Crippen LogP contribution < -0.4 is 0 Å². The molecule has 4 nitrogen and oxygen atoms in total. The fourth-order valence-corrected chi connectivity index (χ4v) is 8.85. The zero-order valence-corrected chi connectivity index (χ0v) is 28.8. The molecule has 0 aromatic heterocycles. The summed E-state index contributed by atoms with van der Waals surface area (Å²) >= 11 is 0. The number of allylic oxidation sites excluding steroid dienone is 2. The molecule has 2 bridgehead atoms. The van der Waals surface area contributed by atoms with Crippen molar-refractivity contribution in [3.8, 4) is 0 Å². The minimum Gasteiger partial charge on any atom is -0.393 e. The van der Waals surface area contributed by atoms with Gasteiger partial charge < -0.3 is 15.1 Å². The molecule has 0 unspecified atom stereocenters. The van der Waals surface area contributed by atoms with Gasteiger partial charge in [0.2, 0.25) is 0 Å². The van der Waals surface area contributed by atoms with Crippen molar-refractivity contribution in [3.63, 3.8) is 0 Å². The first-order valence-electron chi connectivity index (χ1n) is 18.0. The maximum absolute atomic E-state index is 14.2. The van der Waals surface area contributed by atoms with Gasteiger partial charge in [0.15, 0.2) is 5.78 Å². The van der Waals surface area contributed by atoms with Crippen molar-refractivity contribution in [1.82, 2.24) is 4.90 Å². The first-order chi connectivity index (χ1) is 23.3. The van der Waals surface area contributed by atoms with Crippen LogP contribution in [-0.4, -0.2) is 52.2 Å². The molecule has 4 atom stereocenters. The number of carbonyl (C=O) groups excluding carboxylic acids is 1. The number of rotatable bonds is 6. The normalized spacial score (nSPS) is 27.4. The van der Waals surface area contributed by atoms with E-state index in [1.807, 2.05) is 18.2 Å². The summed E-state index contributed by atoms with van der Waals surface area (Å²) in [6.07, 6.45) is 4.67. The van der Waals surface area contributed by atoms with Crippen molar-refractivity contribution in [3.05, 3.63) is 118 Å². The SMILES string of the molecule is CC1=CCC[C@@]2(C)[C@@H](CC[C@@]2(O)CN2CCC(Cc3ccccc3)CC2)c2ccc(cc2C(=O)c2cccc(C(F)(F)F)c2)C[C@@H](O)CC1. The quantitative estimate of drug-likeness (QED) is 0.203. The predicted octanol–water partition coefficient (Wildman–Crippen LogP) is 8.93. The first-order valence-corrected chi connectivity index (χ1v) is 18.0. The highest BCUT2D eigenvalue weighted by molar-refractivity contribution is 6.10. The lowest BCUT2D eigenvalue weighted by atomic mass is 9.64. The van der Waals surface area contributed by atoms with Gasteiger partial charge >= 0.3 is 6.18 Å². The van der Waals surface area contributed by atoms with E-state index in [0.29, 0.717) is 50.1 Å². The molecule has 2 fully saturated rings. The minimum absolute atomic E-state index is 0.0122. The second kappa shape index (κ2) is 14.5. The number of nitrogens with zero attached hydrogens (tertiary/aromatic N) is 1. The number of likely N-dealkylation sites (tertiary alicyclic amines) is 1. The van der Waals surface area contributed by atoms with E-state index >= 15 is 0 Å². The van der Waals surface area contributed by atoms with Crippen molar-refractivity contribution >= 4 is 5.78 Å². The number of aliphatic hydroxyl groups excluding tert-OH is 1. The summed E-state index contributed by atoms with van der Waals surface area (Å²) in [5.74, 6) is -0.0174. The Hall–Kier alpha value is -3.26. The van der Waals surface area contributed by atoms with Gasteiger partial charge in [-0.3, -0.25) is 4.79 Å². The van der Waals surface area contributed by atoms with Crippen LogP contribution >= 0.6 is 0 Å². The van der Waals surface area contributed by atoms with Crippen LogP contribution in [0.4, 0.5) is 13.2 Å². The summed E-state index contributed by atoms with van der Waals surface area (Å²) in [7, 11) is 0. The van der Waals surface area contributed by atoms with Gasteiger partial charge in [-0.05, 0) is 131 Å². The van der Waals surface area contributed by atoms with E-state index in [1.165, 1.54) is 23.3 Å². The van der Waals surface area contributed by atoms with Crippen molar-refractivity contribution in [2.75, 3.05) is 19.6 Å². The molecule has 1 aliphatic heterocycles. The Morgan fingerprint density at radius 3 is 2.43 bits per heavy atom. The molecule has 1 heterocycles. The number of hydrogen-bond acceptors (Lipinski definition) is 4. The molecule has 7 rings (SSSR count). The number of β-amino-alcohol motifs (C(OH)–C–C–N with tert-alkyl or cyclic N) is 1. The largest absolute Gasteiger partial charge is 0.416 e. The van der Waals surface area contributed by atoms with E-state index in [2.05, 4.69) is 49.1 Å². The minimum atomic E-state index is -4.57. The van der Waals surface area contributed by atoms with Crippen LogP contribution in [0.15, 0.2) is 84.4 Å². The standard InChI is InChI=1S/C42H50F3NO3/c1-29-8-7-20-40(2)38(17-21-41(40,49)28-46-22-18-31(19-23-46)24-30-9-4-3-5-10-30)36-16-14-32(25-35(47)15-13-29)26-37(36)39(48)33-11-6-12-34(27-33)42(43,44)45/h3-6,8-12,14,16,26-27,31,35,38,47,49H,7,13,15,17-25,28H2,1-2H3/t35-,38-,40-,41+/m0/s1. The number of hydrogen-bond donors (Lipinski definition) is 2. The van der Waals surface area contributed by atoms with E-state index in [9.17, 15) is 28.2 Å². The topological polar surface area (TPSA) is 60.8 Å². The van der Waals surface area contributed by atoms with Crippen LogP contribution in [0.5, 0.6) is 0 Å². The lowest BCUT2D eigenvalue weighted by Crippen LogP contribution is -2.53. The number of piperidine rings is 1. The summed E-state index contributed by atoms with van der Waals surface area (Å²) in [5, 5.41) is 23.6. The molecule has 0 spiro atoms. The zero-order valence-electron chi connectivity index (χ0n) is 28.8. The third kappa shape index (κ3) is 7.90. The van der Waals surface area contributed by atoms with E-state index in [0.717, 1.165) is 68.5 Å². The highest BCUT2D eigenvalue weighted by Gasteiger charge is 2.57. The van der Waals surface area contributed by atoms with Gasteiger partial charge in [0, 0.05) is 23.1 Å². The molecule has 49 heavy (non-hydrogen) atoms. The van der Waals surface area contributed by atoms with Gasteiger partial charge in [-0.25, -0.2) is 0 Å². The number of benzene rings is 3. The number of ketones is 1. The van der Waals surface area contributed by atoms with Crippen molar-refractivity contribution in [2.45, 2.75) is 102 Å². The Kier molecular flexibility index (Phi) is 10.5. The molecule has 262 valence electrons. The van der Waals surface area contributed by atoms with Gasteiger partial charge in [-0.15, -0.1) is 0 Å². The number of halogens is 3. The van der Waals surface area contributed by atoms with Crippen LogP contribution in [-0.2, 0) is 19.0 Å². The number of alkyl halides is 3. The average molecular weight is 674 g/mol. The van der Waals surface area contributed by atoms with Crippen LogP contribution in [0.1, 0.15) is 109 Å². The van der Waals surface area contributed by atoms with Gasteiger partial charge in [-0.2, -0.15) is 13.2 Å². The van der Waals surface area contributed by atoms with Gasteiger partial charge in [-0.1, -0.05) is 73.2 Å². The number of fused-ring (bicyclic) bond motifs is 8. The summed E-state index contributed by atoms with van der Waals surface area (Å²) in [4.78, 5) is 16.6. The van der Waals surface area contributed by atoms with E-state index in [1.54, 1.807) is 6.07 Å². The van der Waals surface area contributed by atoms with Crippen molar-refractivity contribution < 1.29 is 28.2 Å². The zero-order chi connectivity index (χ0) is 34.8. The van der Waals surface area contributed by atoms with Crippen LogP contribution in [0, 0.1) is 11.3 Å². The molecule has 3 aliphatic carbocycles. The fourth-order valence-electron chi connectivity index (χ4n) is 8.85. The molecular formula is C42H50F3NO3. The Morgan fingerprint density at radius 1 is 0.939 bits per heavy atom. The maximum atomic E-state index is 14.2. The molecule has 7 heteroatoms. The first kappa shape index (κ1) is 35.6. The van der Waals surface area contributed by atoms with Crippen molar-refractivity contribution in [2.24, 2.45) is 11.3 Å². The Bertz CT molecular complexity index is 1640. The Balaban J connectivity index is 1.32.